The highest BCUT2D eigenvalue weighted by Gasteiger charge is 2.73. The lowest BCUT2D eigenvalue weighted by molar-refractivity contribution is -0.392. The van der Waals surface area contributed by atoms with Gasteiger partial charge in [0.05, 0.1) is 11.5 Å². The van der Waals surface area contributed by atoms with Gasteiger partial charge in [-0.1, -0.05) is 37.3 Å². The number of halogens is 9. The Morgan fingerprint density at radius 2 is 1.39 bits per heavy atom. The van der Waals surface area contributed by atoms with Gasteiger partial charge in [0.2, 0.25) is 5.78 Å². The Labute approximate surface area is 256 Å². The fourth-order valence-corrected chi connectivity index (χ4v) is 7.40. The van der Waals surface area contributed by atoms with Crippen molar-refractivity contribution in [2.24, 2.45) is 0 Å². The third-order valence-corrected chi connectivity index (χ3v) is 10.3. The van der Waals surface area contributed by atoms with Crippen LogP contribution in [-0.2, 0) is 41.1 Å². The van der Waals surface area contributed by atoms with Crippen LogP contribution in [0.2, 0.25) is 0 Å². The Hall–Kier alpha value is -3.92. The predicted molar refractivity (Wildman–Crippen MR) is 143 cm³/mol. The summed E-state index contributed by atoms with van der Waals surface area (Å²) in [4.78, 5) is 25.2. The molecule has 0 radical (unpaired) electrons. The van der Waals surface area contributed by atoms with E-state index in [4.69, 9.17) is 0 Å². The SMILES string of the molecule is CCC(=O)C(=O)N1CCC(c2ccc(C(OCc3c(F)cccc3F)(C(F)(F)F)C(F)(F)F)cc2)(S(=O)(=O)c2ccc(F)cc2)C1. The summed E-state index contributed by atoms with van der Waals surface area (Å²) in [6.07, 6.45) is -13.1. The number of Topliss-reactive ketones (excluding diaryl/α,β-unsaturated/α-hetero) is 1. The molecule has 1 saturated heterocycles. The van der Waals surface area contributed by atoms with E-state index in [9.17, 15) is 57.5 Å². The van der Waals surface area contributed by atoms with Crippen LogP contribution in [-0.4, -0.2) is 50.5 Å². The third-order valence-electron chi connectivity index (χ3n) is 7.83. The molecule has 1 fully saturated rings. The molecule has 0 spiro atoms. The predicted octanol–water partition coefficient (Wildman–Crippen LogP) is 6.52. The molecule has 1 heterocycles. The van der Waals surface area contributed by atoms with E-state index < -0.39 is 97.3 Å². The molecule has 0 saturated carbocycles. The summed E-state index contributed by atoms with van der Waals surface area (Å²) in [6.45, 7) is -1.43. The maximum Gasteiger partial charge on any atom is 0.430 e. The maximum absolute atomic E-state index is 14.4. The quantitative estimate of drug-likeness (QED) is 0.146. The number of sulfone groups is 1. The molecule has 16 heteroatoms. The highest BCUT2D eigenvalue weighted by molar-refractivity contribution is 7.92. The number of alkyl halides is 6. The number of likely N-dealkylation sites (tertiary alicyclic amines) is 1. The molecule has 6 nitrogen and oxygen atoms in total. The van der Waals surface area contributed by atoms with E-state index in [0.29, 0.717) is 36.4 Å². The Morgan fingerprint density at radius 3 is 1.89 bits per heavy atom. The van der Waals surface area contributed by atoms with E-state index in [1.54, 1.807) is 0 Å². The number of hydrogen-bond donors (Lipinski definition) is 0. The van der Waals surface area contributed by atoms with Gasteiger partial charge < -0.3 is 9.64 Å². The zero-order valence-corrected chi connectivity index (χ0v) is 24.5. The van der Waals surface area contributed by atoms with Crippen LogP contribution in [0.3, 0.4) is 0 Å². The Morgan fingerprint density at radius 1 is 0.848 bits per heavy atom. The molecule has 1 unspecified atom stereocenters. The number of ketones is 1. The lowest BCUT2D eigenvalue weighted by atomic mass is 9.88. The minimum atomic E-state index is -6.25. The molecule has 0 bridgehead atoms. The van der Waals surface area contributed by atoms with Crippen molar-refractivity contribution in [1.29, 1.82) is 0 Å². The van der Waals surface area contributed by atoms with Crippen LogP contribution in [0.1, 0.15) is 36.5 Å². The van der Waals surface area contributed by atoms with Crippen molar-refractivity contribution < 1.29 is 62.3 Å². The number of benzene rings is 3. The Kier molecular flexibility index (Phi) is 9.39. The Balaban J connectivity index is 1.86. The van der Waals surface area contributed by atoms with Crippen LogP contribution in [0.5, 0.6) is 0 Å². The average molecular weight is 682 g/mol. The standard InChI is InChI=1S/C30H24F9NO5S/c1-2-25(41)26(42)40-15-14-27(17-40,46(43,44)21-12-10-20(31)11-13-21)18-6-8-19(9-7-18)28(29(34,35)36,30(37,38)39)45-16-22-23(32)4-3-5-24(22)33/h3-13H,2,14-17H2,1H3. The molecule has 1 atom stereocenters. The van der Waals surface area contributed by atoms with Crippen LogP contribution < -0.4 is 0 Å². The fourth-order valence-electron chi connectivity index (χ4n) is 5.33. The third kappa shape index (κ3) is 5.87. The molecule has 0 aromatic heterocycles. The van der Waals surface area contributed by atoms with Crippen molar-refractivity contribution in [1.82, 2.24) is 4.90 Å². The van der Waals surface area contributed by atoms with Crippen LogP contribution in [0, 0.1) is 17.5 Å². The number of carbonyl (C=O) groups excluding carboxylic acids is 2. The van der Waals surface area contributed by atoms with E-state index in [1.807, 2.05) is 0 Å². The van der Waals surface area contributed by atoms with Crippen LogP contribution in [0.15, 0.2) is 71.6 Å². The smallest absolute Gasteiger partial charge is 0.349 e. The number of hydrogen-bond acceptors (Lipinski definition) is 5. The molecule has 3 aromatic rings. The number of nitrogens with zero attached hydrogens (tertiary/aromatic N) is 1. The largest absolute Gasteiger partial charge is 0.430 e. The number of carbonyl (C=O) groups is 2. The summed E-state index contributed by atoms with van der Waals surface area (Å²) in [5.74, 6) is -5.63. The molecule has 1 aliphatic rings. The number of ether oxygens (including phenoxy) is 1. The van der Waals surface area contributed by atoms with Crippen molar-refractivity contribution in [2.75, 3.05) is 13.1 Å². The summed E-state index contributed by atoms with van der Waals surface area (Å²) in [6, 6.07) is 7.49. The van der Waals surface area contributed by atoms with E-state index >= 15 is 0 Å². The first-order valence-corrected chi connectivity index (χ1v) is 14.9. The molecular formula is C30H24F9NO5S. The van der Waals surface area contributed by atoms with Crippen LogP contribution in [0.4, 0.5) is 39.5 Å². The van der Waals surface area contributed by atoms with Gasteiger partial charge in [0.15, 0.2) is 9.84 Å². The van der Waals surface area contributed by atoms with Crippen molar-refractivity contribution in [3.63, 3.8) is 0 Å². The highest BCUT2D eigenvalue weighted by atomic mass is 32.2. The van der Waals surface area contributed by atoms with Gasteiger partial charge in [-0.15, -0.1) is 0 Å². The molecular weight excluding hydrogens is 657 g/mol. The van der Waals surface area contributed by atoms with Crippen molar-refractivity contribution in [3.05, 3.63) is 101 Å². The second-order valence-electron chi connectivity index (χ2n) is 10.4. The van der Waals surface area contributed by atoms with Gasteiger partial charge in [0, 0.05) is 30.6 Å². The van der Waals surface area contributed by atoms with Crippen LogP contribution in [0.25, 0.3) is 0 Å². The zero-order valence-electron chi connectivity index (χ0n) is 23.7. The van der Waals surface area contributed by atoms with Gasteiger partial charge in [-0.25, -0.2) is 21.6 Å². The minimum Gasteiger partial charge on any atom is -0.349 e. The Bertz CT molecular complexity index is 1690. The lowest BCUT2D eigenvalue weighted by Crippen LogP contribution is -2.56. The second kappa shape index (κ2) is 12.4. The van der Waals surface area contributed by atoms with Gasteiger partial charge in [0.1, 0.15) is 22.2 Å². The topological polar surface area (TPSA) is 80.8 Å². The average Bonchev–Trinajstić information content (AvgIpc) is 3.44. The molecule has 1 aliphatic heterocycles. The first kappa shape index (κ1) is 34.9. The lowest BCUT2D eigenvalue weighted by Gasteiger charge is -2.38. The molecule has 0 aliphatic carbocycles. The minimum absolute atomic E-state index is 0.227. The summed E-state index contributed by atoms with van der Waals surface area (Å²) < 4.78 is 158. The number of amides is 1. The van der Waals surface area contributed by atoms with E-state index in [2.05, 4.69) is 4.74 Å². The molecule has 1 amide bonds. The number of rotatable bonds is 9. The second-order valence-corrected chi connectivity index (χ2v) is 12.7. The van der Waals surface area contributed by atoms with Crippen LogP contribution >= 0.6 is 0 Å². The summed E-state index contributed by atoms with van der Waals surface area (Å²) >= 11 is 0. The summed E-state index contributed by atoms with van der Waals surface area (Å²) in [7, 11) is -4.66. The fraction of sp³-hybridized carbons (Fsp3) is 0.333. The molecule has 3 aromatic carbocycles. The van der Waals surface area contributed by atoms with Crippen molar-refractivity contribution >= 4 is 21.5 Å². The summed E-state index contributed by atoms with van der Waals surface area (Å²) in [5.41, 5.74) is -8.26. The molecule has 0 N–H and O–H groups in total. The maximum atomic E-state index is 14.4. The first-order chi connectivity index (χ1) is 21.3. The highest BCUT2D eigenvalue weighted by Crippen LogP contribution is 2.54. The van der Waals surface area contributed by atoms with Gasteiger partial charge >= 0.3 is 12.4 Å². The van der Waals surface area contributed by atoms with E-state index in [1.165, 1.54) is 6.92 Å². The van der Waals surface area contributed by atoms with Gasteiger partial charge in [-0.05, 0) is 48.4 Å². The molecule has 248 valence electrons. The molecule has 46 heavy (non-hydrogen) atoms. The van der Waals surface area contributed by atoms with Crippen molar-refractivity contribution in [3.8, 4) is 0 Å². The normalized spacial score (nSPS) is 17.7. The van der Waals surface area contributed by atoms with E-state index in [0.717, 1.165) is 35.2 Å². The van der Waals surface area contributed by atoms with Gasteiger partial charge in [-0.2, -0.15) is 26.3 Å². The van der Waals surface area contributed by atoms with Crippen molar-refractivity contribution in [2.45, 2.75) is 54.0 Å². The molecule has 4 rings (SSSR count). The summed E-state index contributed by atoms with van der Waals surface area (Å²) in [5, 5.41) is 0. The van der Waals surface area contributed by atoms with Gasteiger partial charge in [-0.3, -0.25) is 9.59 Å². The van der Waals surface area contributed by atoms with Gasteiger partial charge in [0.25, 0.3) is 11.5 Å². The first-order valence-electron chi connectivity index (χ1n) is 13.5. The monoisotopic (exact) mass is 681 g/mol. The van der Waals surface area contributed by atoms with E-state index in [-0.39, 0.29) is 18.5 Å². The zero-order chi connectivity index (χ0) is 34.3.